The van der Waals surface area contributed by atoms with E-state index in [0.717, 1.165) is 9.39 Å². The smallest absolute Gasteiger partial charge is 0.383 e. The van der Waals surface area contributed by atoms with E-state index in [9.17, 15) is 13.2 Å². The molecule has 9 heteroatoms. The molecule has 0 aliphatic heterocycles. The molecule has 0 aliphatic carbocycles. The van der Waals surface area contributed by atoms with E-state index in [0.29, 0.717) is 11.3 Å². The van der Waals surface area contributed by atoms with Gasteiger partial charge < -0.3 is 5.73 Å². The van der Waals surface area contributed by atoms with Crippen LogP contribution in [0, 0.1) is 0 Å². The molecular formula is C13H12F3N5S. The van der Waals surface area contributed by atoms with Crippen molar-refractivity contribution in [3.8, 4) is 10.4 Å². The summed E-state index contributed by atoms with van der Waals surface area (Å²) in [4.78, 5) is 8.52. The Morgan fingerprint density at radius 2 is 2.00 bits per heavy atom. The van der Waals surface area contributed by atoms with Crippen LogP contribution in [0.25, 0.3) is 16.2 Å². The number of hydrogen-bond acceptors (Lipinski definition) is 5. The van der Waals surface area contributed by atoms with Crippen LogP contribution in [0.1, 0.15) is 31.3 Å². The minimum absolute atomic E-state index is 0.0181. The highest BCUT2D eigenvalue weighted by Crippen LogP contribution is 2.36. The molecule has 0 spiro atoms. The molecule has 0 saturated carbocycles. The van der Waals surface area contributed by atoms with Crippen LogP contribution in [0.5, 0.6) is 0 Å². The van der Waals surface area contributed by atoms with Crippen molar-refractivity contribution >= 4 is 22.9 Å². The van der Waals surface area contributed by atoms with Gasteiger partial charge in [-0.3, -0.25) is 0 Å². The molecule has 0 fully saturated rings. The zero-order valence-electron chi connectivity index (χ0n) is 11.7. The van der Waals surface area contributed by atoms with Crippen molar-refractivity contribution < 1.29 is 13.2 Å². The number of fused-ring (bicyclic) bond motifs is 1. The lowest BCUT2D eigenvalue weighted by molar-refractivity contribution is -0.144. The number of halogens is 3. The van der Waals surface area contributed by atoms with Gasteiger partial charge >= 0.3 is 6.18 Å². The summed E-state index contributed by atoms with van der Waals surface area (Å²) in [6.45, 7) is 3.80. The number of hydrogen-bond donors (Lipinski definition) is 1. The largest absolute Gasteiger partial charge is 0.453 e. The summed E-state index contributed by atoms with van der Waals surface area (Å²) in [6.07, 6.45) is -4.64. The average molecular weight is 327 g/mol. The van der Waals surface area contributed by atoms with Gasteiger partial charge in [-0.25, -0.2) is 4.98 Å². The van der Waals surface area contributed by atoms with Gasteiger partial charge in [0.2, 0.25) is 0 Å². The summed E-state index contributed by atoms with van der Waals surface area (Å²) in [7, 11) is 0. The topological polar surface area (TPSA) is 69.1 Å². The fourth-order valence-electron chi connectivity index (χ4n) is 2.15. The van der Waals surface area contributed by atoms with Crippen molar-refractivity contribution in [2.45, 2.75) is 25.9 Å². The Bertz CT molecular complexity index is 820. The minimum Gasteiger partial charge on any atom is -0.383 e. The number of nitrogens with two attached hydrogens (primary N) is 1. The maximum Gasteiger partial charge on any atom is 0.453 e. The summed E-state index contributed by atoms with van der Waals surface area (Å²) in [5.74, 6) is -1.30. The highest BCUT2D eigenvalue weighted by molar-refractivity contribution is 7.13. The van der Waals surface area contributed by atoms with Crippen LogP contribution < -0.4 is 5.73 Å². The second-order valence-corrected chi connectivity index (χ2v) is 5.98. The first-order valence-electron chi connectivity index (χ1n) is 6.46. The molecule has 22 heavy (non-hydrogen) atoms. The second kappa shape index (κ2) is 4.94. The SMILES string of the molecule is CC(C)c1nc2nc(C(F)(F)F)nn2c(N)c1-c1cccs1. The summed E-state index contributed by atoms with van der Waals surface area (Å²) < 4.78 is 39.3. The van der Waals surface area contributed by atoms with Crippen molar-refractivity contribution in [1.29, 1.82) is 0 Å². The number of aromatic nitrogens is 4. The number of thiophene rings is 1. The third kappa shape index (κ3) is 2.31. The first kappa shape index (κ1) is 14.8. The summed E-state index contributed by atoms with van der Waals surface area (Å²) in [5.41, 5.74) is 7.28. The van der Waals surface area contributed by atoms with Crippen molar-refractivity contribution in [3.63, 3.8) is 0 Å². The van der Waals surface area contributed by atoms with Crippen LogP contribution in [0.3, 0.4) is 0 Å². The molecule has 3 heterocycles. The fraction of sp³-hybridized carbons (Fsp3) is 0.308. The Labute approximate surface area is 127 Å². The van der Waals surface area contributed by atoms with Gasteiger partial charge in [-0.2, -0.15) is 22.7 Å². The standard InChI is InChI=1S/C13H12F3N5S/c1-6(2)9-8(7-4-3-5-22-7)10(17)21-12(18-9)19-11(20-21)13(14,15)16/h3-6H,17H2,1-2H3. The first-order valence-corrected chi connectivity index (χ1v) is 7.34. The Kier molecular flexibility index (Phi) is 3.32. The monoisotopic (exact) mass is 327 g/mol. The number of anilines is 1. The highest BCUT2D eigenvalue weighted by Gasteiger charge is 2.37. The lowest BCUT2D eigenvalue weighted by Gasteiger charge is -2.13. The zero-order valence-corrected chi connectivity index (χ0v) is 12.5. The van der Waals surface area contributed by atoms with Crippen LogP contribution in [0.15, 0.2) is 17.5 Å². The van der Waals surface area contributed by atoms with E-state index in [-0.39, 0.29) is 17.5 Å². The summed E-state index contributed by atoms with van der Waals surface area (Å²) >= 11 is 1.44. The predicted octanol–water partition coefficient (Wildman–Crippen LogP) is 3.58. The van der Waals surface area contributed by atoms with Gasteiger partial charge in [0.1, 0.15) is 5.82 Å². The van der Waals surface area contributed by atoms with E-state index in [2.05, 4.69) is 15.1 Å². The minimum atomic E-state index is -4.64. The Morgan fingerprint density at radius 1 is 1.27 bits per heavy atom. The van der Waals surface area contributed by atoms with Crippen molar-refractivity contribution in [2.24, 2.45) is 0 Å². The second-order valence-electron chi connectivity index (χ2n) is 5.03. The van der Waals surface area contributed by atoms with E-state index in [4.69, 9.17) is 5.73 Å². The van der Waals surface area contributed by atoms with E-state index in [1.165, 1.54) is 11.3 Å². The van der Waals surface area contributed by atoms with E-state index in [1.807, 2.05) is 31.4 Å². The molecule has 0 radical (unpaired) electrons. The first-order chi connectivity index (χ1) is 10.3. The molecule has 0 aromatic carbocycles. The van der Waals surface area contributed by atoms with Crippen LogP contribution in [0.4, 0.5) is 19.0 Å². The maximum absolute atomic E-state index is 12.8. The maximum atomic E-state index is 12.8. The van der Waals surface area contributed by atoms with Crippen LogP contribution >= 0.6 is 11.3 Å². The molecule has 0 saturated heterocycles. The lowest BCUT2D eigenvalue weighted by atomic mass is 10.0. The molecule has 3 rings (SSSR count). The number of alkyl halides is 3. The summed E-state index contributed by atoms with van der Waals surface area (Å²) in [6, 6.07) is 3.69. The Morgan fingerprint density at radius 3 is 2.55 bits per heavy atom. The van der Waals surface area contributed by atoms with Gasteiger partial charge in [-0.1, -0.05) is 19.9 Å². The van der Waals surface area contributed by atoms with Gasteiger partial charge in [0, 0.05) is 4.88 Å². The van der Waals surface area contributed by atoms with E-state index < -0.39 is 12.0 Å². The van der Waals surface area contributed by atoms with Crippen LogP contribution in [-0.2, 0) is 6.18 Å². The molecular weight excluding hydrogens is 315 g/mol. The van der Waals surface area contributed by atoms with Gasteiger partial charge in [-0.05, 0) is 17.4 Å². The predicted molar refractivity (Wildman–Crippen MR) is 77.6 cm³/mol. The number of nitrogens with zero attached hydrogens (tertiary/aromatic N) is 4. The number of nitrogen functional groups attached to an aromatic ring is 1. The zero-order chi connectivity index (χ0) is 16.1. The highest BCUT2D eigenvalue weighted by atomic mass is 32.1. The molecule has 0 aliphatic rings. The molecule has 0 atom stereocenters. The van der Waals surface area contributed by atoms with E-state index in [1.54, 1.807) is 0 Å². The lowest BCUT2D eigenvalue weighted by Crippen LogP contribution is -2.09. The van der Waals surface area contributed by atoms with Gasteiger partial charge in [0.15, 0.2) is 0 Å². The fourth-order valence-corrected chi connectivity index (χ4v) is 2.94. The van der Waals surface area contributed by atoms with Crippen LogP contribution in [-0.4, -0.2) is 19.6 Å². The van der Waals surface area contributed by atoms with Gasteiger partial charge in [-0.15, -0.1) is 16.4 Å². The van der Waals surface area contributed by atoms with Crippen LogP contribution in [0.2, 0.25) is 0 Å². The van der Waals surface area contributed by atoms with Gasteiger partial charge in [0.05, 0.1) is 11.3 Å². The number of rotatable bonds is 2. The molecule has 5 nitrogen and oxygen atoms in total. The van der Waals surface area contributed by atoms with Crippen molar-refractivity contribution in [1.82, 2.24) is 19.6 Å². The molecule has 0 amide bonds. The molecule has 3 aromatic rings. The third-order valence-electron chi connectivity index (χ3n) is 3.12. The molecule has 2 N–H and O–H groups in total. The van der Waals surface area contributed by atoms with E-state index >= 15 is 0 Å². The molecule has 0 bridgehead atoms. The van der Waals surface area contributed by atoms with Crippen molar-refractivity contribution in [3.05, 3.63) is 29.0 Å². The van der Waals surface area contributed by atoms with Crippen molar-refractivity contribution in [2.75, 3.05) is 5.73 Å². The van der Waals surface area contributed by atoms with Gasteiger partial charge in [0.25, 0.3) is 11.6 Å². The summed E-state index contributed by atoms with van der Waals surface area (Å²) in [5, 5.41) is 5.32. The Balaban J connectivity index is 2.34. The molecule has 3 aromatic heterocycles. The third-order valence-corrected chi connectivity index (χ3v) is 4.01. The molecule has 116 valence electrons. The normalized spacial score (nSPS) is 12.5. The molecule has 0 unspecified atom stereocenters. The average Bonchev–Trinajstić information content (AvgIpc) is 3.05. The quantitative estimate of drug-likeness (QED) is 0.781. The Hall–Kier alpha value is -2.16.